The predicted octanol–water partition coefficient (Wildman–Crippen LogP) is -2.44. The summed E-state index contributed by atoms with van der Waals surface area (Å²) in [7, 11) is 0. The fourth-order valence-corrected chi connectivity index (χ4v) is 1.42. The smallest absolute Gasteiger partial charge is 0.135 e. The molecule has 0 aromatic carbocycles. The highest BCUT2D eigenvalue weighted by Gasteiger charge is 2.22. The van der Waals surface area contributed by atoms with Gasteiger partial charge in [-0.25, -0.2) is 9.80 Å². The summed E-state index contributed by atoms with van der Waals surface area (Å²) in [5.41, 5.74) is 0. The number of hydrogen-bond donors (Lipinski definition) is 2. The van der Waals surface area contributed by atoms with Gasteiger partial charge >= 0.3 is 0 Å². The predicted molar refractivity (Wildman–Crippen MR) is 33.1 cm³/mol. The van der Waals surface area contributed by atoms with Crippen molar-refractivity contribution in [2.24, 2.45) is 0 Å². The normalized spacial score (nSPS) is 42.7. The molecule has 4 heteroatoms. The molecule has 0 spiro atoms. The van der Waals surface area contributed by atoms with Crippen LogP contribution in [0.2, 0.25) is 0 Å². The molecule has 9 heavy (non-hydrogen) atoms. The van der Waals surface area contributed by atoms with Crippen molar-refractivity contribution in [1.29, 1.82) is 0 Å². The van der Waals surface area contributed by atoms with Crippen molar-refractivity contribution in [3.63, 3.8) is 0 Å². The summed E-state index contributed by atoms with van der Waals surface area (Å²) in [5.74, 6) is 0. The second kappa shape index (κ2) is 2.22. The van der Waals surface area contributed by atoms with E-state index < -0.39 is 0 Å². The lowest BCUT2D eigenvalue weighted by molar-refractivity contribution is -0.705. The molecule has 2 bridgehead atoms. The van der Waals surface area contributed by atoms with Crippen LogP contribution >= 0.6 is 0 Å². The van der Waals surface area contributed by atoms with Crippen LogP contribution in [-0.2, 0) is 0 Å². The van der Waals surface area contributed by atoms with Crippen molar-refractivity contribution in [2.75, 3.05) is 33.3 Å². The van der Waals surface area contributed by atoms with E-state index in [-0.39, 0.29) is 0 Å². The minimum absolute atomic E-state index is 1.06. The van der Waals surface area contributed by atoms with Gasteiger partial charge in [0.1, 0.15) is 13.3 Å². The Balaban J connectivity index is 1.96. The highest BCUT2D eigenvalue weighted by Crippen LogP contribution is 1.95. The van der Waals surface area contributed by atoms with Gasteiger partial charge in [0.15, 0.2) is 0 Å². The van der Waals surface area contributed by atoms with Crippen molar-refractivity contribution >= 4 is 0 Å². The van der Waals surface area contributed by atoms with Gasteiger partial charge in [0.2, 0.25) is 0 Å². The molecule has 2 fully saturated rings. The van der Waals surface area contributed by atoms with E-state index in [1.807, 2.05) is 0 Å². The molecule has 2 atom stereocenters. The third-order valence-electron chi connectivity index (χ3n) is 1.85. The molecule has 0 saturated carbocycles. The average Bonchev–Trinajstić information content (AvgIpc) is 1.88. The van der Waals surface area contributed by atoms with Crippen molar-refractivity contribution in [3.05, 3.63) is 0 Å². The number of nitrogens with zero attached hydrogens (tertiary/aromatic N) is 2. The number of rotatable bonds is 0. The first-order chi connectivity index (χ1) is 4.45. The van der Waals surface area contributed by atoms with Crippen LogP contribution in [0.3, 0.4) is 0 Å². The minimum Gasteiger partial charge on any atom is -0.321 e. The first kappa shape index (κ1) is 5.61. The molecule has 2 rings (SSSR count). The third kappa shape index (κ3) is 1.07. The van der Waals surface area contributed by atoms with Gasteiger partial charge in [0, 0.05) is 0 Å². The molecular weight excluding hydrogens is 116 g/mol. The van der Waals surface area contributed by atoms with E-state index >= 15 is 0 Å². The zero-order chi connectivity index (χ0) is 6.10. The van der Waals surface area contributed by atoms with Crippen molar-refractivity contribution < 1.29 is 5.32 Å². The molecule has 2 saturated heterocycles. The van der Waals surface area contributed by atoms with Crippen LogP contribution < -0.4 is 10.6 Å². The molecule has 0 radical (unpaired) electrons. The third-order valence-corrected chi connectivity index (χ3v) is 1.85. The van der Waals surface area contributed by atoms with Crippen LogP contribution in [0.5, 0.6) is 0 Å². The van der Waals surface area contributed by atoms with E-state index in [0.29, 0.717) is 0 Å². The average molecular weight is 129 g/mol. The summed E-state index contributed by atoms with van der Waals surface area (Å²) in [5, 5.41) is 5.64. The maximum Gasteiger partial charge on any atom is 0.135 e. The molecule has 2 heterocycles. The van der Waals surface area contributed by atoms with Crippen LogP contribution in [0.4, 0.5) is 0 Å². The van der Waals surface area contributed by atoms with Gasteiger partial charge < -0.3 is 5.32 Å². The van der Waals surface area contributed by atoms with Crippen LogP contribution in [0.25, 0.3) is 0 Å². The van der Waals surface area contributed by atoms with Gasteiger partial charge in [0.25, 0.3) is 0 Å². The van der Waals surface area contributed by atoms with Gasteiger partial charge in [-0.1, -0.05) is 0 Å². The molecular formula is C5H13N4+. The lowest BCUT2D eigenvalue weighted by Gasteiger charge is -2.38. The molecule has 4 nitrogen and oxygen atoms in total. The van der Waals surface area contributed by atoms with E-state index in [1.165, 1.54) is 0 Å². The Kier molecular flexibility index (Phi) is 1.39. The SMILES string of the molecule is C1NCN2C[NH2+]CN1C2. The number of nitrogens with two attached hydrogens (primary N) is 1. The number of fused-ring (bicyclic) bond motifs is 2. The Bertz CT molecular complexity index is 85.1. The van der Waals surface area contributed by atoms with Gasteiger partial charge in [-0.3, -0.25) is 5.32 Å². The summed E-state index contributed by atoms with van der Waals surface area (Å²) < 4.78 is 0. The molecule has 0 aromatic rings. The summed E-state index contributed by atoms with van der Waals surface area (Å²) in [4.78, 5) is 4.76. The van der Waals surface area contributed by atoms with E-state index in [2.05, 4.69) is 20.4 Å². The molecule has 3 N–H and O–H groups in total. The summed E-state index contributed by atoms with van der Waals surface area (Å²) in [6.45, 7) is 5.59. The highest BCUT2D eigenvalue weighted by molar-refractivity contribution is 4.61. The number of quaternary nitrogens is 1. The first-order valence-electron chi connectivity index (χ1n) is 3.42. The molecule has 2 aliphatic rings. The Morgan fingerprint density at radius 1 is 1.11 bits per heavy atom. The van der Waals surface area contributed by atoms with Crippen LogP contribution in [0, 0.1) is 0 Å². The van der Waals surface area contributed by atoms with E-state index in [9.17, 15) is 0 Å². The highest BCUT2D eigenvalue weighted by atomic mass is 15.5. The van der Waals surface area contributed by atoms with E-state index in [4.69, 9.17) is 0 Å². The van der Waals surface area contributed by atoms with Gasteiger partial charge in [-0.05, 0) is 0 Å². The standard InChI is InChI=1S/C5H12N4/c1-6-2-9-4-7-3-8(1)5-9/h6-7H,1-5H2/p+1. The van der Waals surface area contributed by atoms with Crippen molar-refractivity contribution in [3.8, 4) is 0 Å². The van der Waals surface area contributed by atoms with E-state index in [0.717, 1.165) is 33.3 Å². The topological polar surface area (TPSA) is 35.1 Å². The molecule has 0 amide bonds. The Labute approximate surface area is 54.8 Å². The fourth-order valence-electron chi connectivity index (χ4n) is 1.42. The Hall–Kier alpha value is -0.160. The molecule has 2 unspecified atom stereocenters. The Morgan fingerprint density at radius 2 is 1.78 bits per heavy atom. The summed E-state index contributed by atoms with van der Waals surface area (Å²) >= 11 is 0. The first-order valence-corrected chi connectivity index (χ1v) is 3.42. The fraction of sp³-hybridized carbons (Fsp3) is 1.00. The zero-order valence-electron chi connectivity index (χ0n) is 5.51. The maximum absolute atomic E-state index is 3.32. The molecule has 52 valence electrons. The van der Waals surface area contributed by atoms with Gasteiger partial charge in [0.05, 0.1) is 20.0 Å². The minimum atomic E-state index is 1.06. The second-order valence-electron chi connectivity index (χ2n) is 2.70. The van der Waals surface area contributed by atoms with Gasteiger partial charge in [-0.2, -0.15) is 0 Å². The zero-order valence-corrected chi connectivity index (χ0v) is 5.51. The largest absolute Gasteiger partial charge is 0.321 e. The van der Waals surface area contributed by atoms with Gasteiger partial charge in [-0.15, -0.1) is 0 Å². The van der Waals surface area contributed by atoms with E-state index in [1.54, 1.807) is 0 Å². The summed E-state index contributed by atoms with van der Waals surface area (Å²) in [6, 6.07) is 0. The number of hydrogen-bond acceptors (Lipinski definition) is 3. The molecule has 0 aliphatic carbocycles. The summed E-state index contributed by atoms with van der Waals surface area (Å²) in [6.07, 6.45) is 0. The van der Waals surface area contributed by atoms with Crippen LogP contribution in [0.15, 0.2) is 0 Å². The quantitative estimate of drug-likeness (QED) is 0.381. The van der Waals surface area contributed by atoms with Crippen molar-refractivity contribution in [2.45, 2.75) is 0 Å². The lowest BCUT2D eigenvalue weighted by atomic mass is 10.5. The number of nitrogens with one attached hydrogen (secondary N) is 1. The van der Waals surface area contributed by atoms with Crippen LogP contribution in [0.1, 0.15) is 0 Å². The maximum atomic E-state index is 3.32. The van der Waals surface area contributed by atoms with Crippen LogP contribution in [-0.4, -0.2) is 43.1 Å². The lowest BCUT2D eigenvalue weighted by Crippen LogP contribution is -2.95. The second-order valence-corrected chi connectivity index (χ2v) is 2.70. The Morgan fingerprint density at radius 3 is 2.33 bits per heavy atom. The monoisotopic (exact) mass is 129 g/mol. The molecule has 0 aromatic heterocycles. The van der Waals surface area contributed by atoms with Crippen molar-refractivity contribution in [1.82, 2.24) is 15.1 Å². The molecule has 2 aliphatic heterocycles.